The number of hydrogen-bond donors (Lipinski definition) is 2. The van der Waals surface area contributed by atoms with Crippen LogP contribution < -0.4 is 9.64 Å². The molecule has 2 atom stereocenters. The summed E-state index contributed by atoms with van der Waals surface area (Å²) < 4.78 is 44.1. The molecule has 4 aromatic rings. The van der Waals surface area contributed by atoms with Crippen LogP contribution in [-0.2, 0) is 11.2 Å². The van der Waals surface area contributed by atoms with Gasteiger partial charge in [0.1, 0.15) is 35.3 Å². The number of piperidine rings is 1. The summed E-state index contributed by atoms with van der Waals surface area (Å²) in [7, 11) is 0. The summed E-state index contributed by atoms with van der Waals surface area (Å²) >= 11 is 0. The van der Waals surface area contributed by atoms with Crippen LogP contribution in [0, 0.1) is 22.5 Å². The van der Waals surface area contributed by atoms with E-state index in [0.717, 1.165) is 64.7 Å². The molecule has 0 bridgehead atoms. The lowest BCUT2D eigenvalue weighted by molar-refractivity contribution is -0.196. The van der Waals surface area contributed by atoms with Crippen molar-refractivity contribution in [2.45, 2.75) is 90.1 Å². The van der Waals surface area contributed by atoms with Gasteiger partial charge in [-0.15, -0.1) is 0 Å². The minimum Gasteiger partial charge on any atom is -0.508 e. The van der Waals surface area contributed by atoms with Gasteiger partial charge in [0.15, 0.2) is 5.82 Å². The normalized spacial score (nSPS) is 23.3. The number of aliphatic hydroxyl groups is 1. The molecule has 1 spiro atoms. The van der Waals surface area contributed by atoms with E-state index in [1.165, 1.54) is 31.2 Å². The second-order valence-electron chi connectivity index (χ2n) is 15.2. The molecular formula is C39H47F2N5O4. The average molecular weight is 688 g/mol. The molecule has 4 aliphatic rings. The summed E-state index contributed by atoms with van der Waals surface area (Å²) in [5, 5.41) is 22.5. The fourth-order valence-corrected chi connectivity index (χ4v) is 9.53. The number of fused-ring (bicyclic) bond motifs is 3. The second-order valence-corrected chi connectivity index (χ2v) is 15.2. The van der Waals surface area contributed by atoms with Crippen molar-refractivity contribution in [3.8, 4) is 23.0 Å². The maximum atomic E-state index is 16.9. The van der Waals surface area contributed by atoms with Gasteiger partial charge in [-0.2, -0.15) is 9.97 Å². The number of phenolic OH excluding ortho intramolecular Hbond substituents is 1. The summed E-state index contributed by atoms with van der Waals surface area (Å²) in [6, 6.07) is 7.00. The van der Waals surface area contributed by atoms with Crippen LogP contribution in [0.25, 0.3) is 32.9 Å². The van der Waals surface area contributed by atoms with Gasteiger partial charge in [0.2, 0.25) is 0 Å². The Morgan fingerprint density at radius 1 is 1.10 bits per heavy atom. The van der Waals surface area contributed by atoms with E-state index in [1.54, 1.807) is 17.0 Å². The number of ether oxygens (including phenoxy) is 2. The molecule has 0 radical (unpaired) electrons. The Morgan fingerprint density at radius 2 is 1.92 bits per heavy atom. The molecule has 2 saturated carbocycles. The third kappa shape index (κ3) is 5.56. The lowest BCUT2D eigenvalue weighted by Crippen LogP contribution is -2.64. The Morgan fingerprint density at radius 3 is 2.66 bits per heavy atom. The van der Waals surface area contributed by atoms with Crippen molar-refractivity contribution in [3.63, 3.8) is 0 Å². The molecule has 8 rings (SSSR count). The topological polar surface area (TPSA) is 104 Å². The predicted octanol–water partition coefficient (Wildman–Crippen LogP) is 7.14. The highest BCUT2D eigenvalue weighted by atomic mass is 19.1. The Bertz CT molecular complexity index is 1910. The number of aryl methyl sites for hydroxylation is 1. The van der Waals surface area contributed by atoms with Crippen molar-refractivity contribution in [2.75, 3.05) is 44.5 Å². The van der Waals surface area contributed by atoms with Crippen LogP contribution in [0.1, 0.15) is 77.2 Å². The number of benzene rings is 2. The molecule has 50 heavy (non-hydrogen) atoms. The number of aromatic nitrogens is 3. The molecule has 0 amide bonds. The number of nitrogens with zero attached hydrogens (tertiary/aromatic N) is 5. The van der Waals surface area contributed by atoms with Gasteiger partial charge in [-0.1, -0.05) is 32.8 Å². The van der Waals surface area contributed by atoms with Crippen LogP contribution in [0.15, 0.2) is 30.5 Å². The zero-order valence-corrected chi connectivity index (χ0v) is 29.1. The number of anilines is 1. The molecule has 2 aromatic carbocycles. The predicted molar refractivity (Wildman–Crippen MR) is 188 cm³/mol. The van der Waals surface area contributed by atoms with Gasteiger partial charge in [0.05, 0.1) is 25.2 Å². The molecule has 2 unspecified atom stereocenters. The Balaban J connectivity index is 1.18. The van der Waals surface area contributed by atoms with Crippen molar-refractivity contribution in [2.24, 2.45) is 10.8 Å². The van der Waals surface area contributed by atoms with Gasteiger partial charge < -0.3 is 24.6 Å². The molecule has 4 fully saturated rings. The summed E-state index contributed by atoms with van der Waals surface area (Å²) in [6.45, 7) is 7.43. The van der Waals surface area contributed by atoms with E-state index in [4.69, 9.17) is 14.5 Å². The van der Waals surface area contributed by atoms with Crippen molar-refractivity contribution >= 4 is 27.5 Å². The van der Waals surface area contributed by atoms with Gasteiger partial charge >= 0.3 is 6.01 Å². The number of unbranched alkanes of at least 4 members (excludes halogenated alkanes) is 1. The quantitative estimate of drug-likeness (QED) is 0.159. The summed E-state index contributed by atoms with van der Waals surface area (Å²) in [6.07, 6.45) is 11.5. The monoisotopic (exact) mass is 687 g/mol. The van der Waals surface area contributed by atoms with Crippen LogP contribution in [0.4, 0.5) is 14.6 Å². The van der Waals surface area contributed by atoms with Crippen molar-refractivity contribution in [3.05, 3.63) is 47.7 Å². The van der Waals surface area contributed by atoms with Crippen molar-refractivity contribution < 1.29 is 28.5 Å². The molecular weight excluding hydrogens is 640 g/mol. The van der Waals surface area contributed by atoms with E-state index >= 15 is 8.78 Å². The third-order valence-electron chi connectivity index (χ3n) is 12.1. The number of rotatable bonds is 11. The average Bonchev–Trinajstić information content (AvgIpc) is 3.52. The van der Waals surface area contributed by atoms with Gasteiger partial charge in [-0.3, -0.25) is 9.88 Å². The van der Waals surface area contributed by atoms with Crippen LogP contribution in [0.3, 0.4) is 0 Å². The van der Waals surface area contributed by atoms with Crippen molar-refractivity contribution in [1.82, 2.24) is 19.9 Å². The van der Waals surface area contributed by atoms with E-state index < -0.39 is 11.6 Å². The van der Waals surface area contributed by atoms with E-state index in [0.29, 0.717) is 64.6 Å². The van der Waals surface area contributed by atoms with Crippen LogP contribution in [0.2, 0.25) is 0 Å². The standard InChI is InChI=1S/C39H47F2N5O4/c1-3-5-13-45(23-47)36-29-19-42-34(28-16-26(48)15-24-9-10-30(40)27(4-2)32(24)28)33(41)35(29)43-37(44-36)50-22-39-11-6-8-31(39)46(14-7-12-39)25-17-38(18-25)20-49-21-38/h9-10,15-16,19,25,31,47-48H,3-8,11-14,17-18,20-23H2,1-2H3. The first kappa shape index (κ1) is 33.5. The van der Waals surface area contributed by atoms with Gasteiger partial charge in [-0.05, 0) is 92.4 Å². The number of pyridine rings is 1. The molecule has 4 heterocycles. The maximum Gasteiger partial charge on any atom is 0.319 e. The lowest BCUT2D eigenvalue weighted by Gasteiger charge is -2.60. The van der Waals surface area contributed by atoms with Crippen LogP contribution in [-0.4, -0.2) is 81.8 Å². The largest absolute Gasteiger partial charge is 0.508 e. The summed E-state index contributed by atoms with van der Waals surface area (Å²) in [4.78, 5) is 18.4. The SMILES string of the molecule is CCCCN(CO)c1nc(OCC23CCCC2N(C2CC4(COC4)C2)CCC3)nc2c(F)c(-c3cc(O)cc4ccc(F)c(CC)c34)ncc12. The first-order valence-electron chi connectivity index (χ1n) is 18.4. The lowest BCUT2D eigenvalue weighted by atomic mass is 9.62. The van der Waals surface area contributed by atoms with E-state index in [9.17, 15) is 10.2 Å². The molecule has 2 aromatic heterocycles. The fourth-order valence-electron chi connectivity index (χ4n) is 9.53. The number of hydrogen-bond acceptors (Lipinski definition) is 9. The minimum absolute atomic E-state index is 0.00381. The summed E-state index contributed by atoms with van der Waals surface area (Å²) in [5.74, 6) is -0.844. The Labute approximate surface area is 291 Å². The zero-order chi connectivity index (χ0) is 34.6. The third-order valence-corrected chi connectivity index (χ3v) is 12.1. The molecule has 9 nitrogen and oxygen atoms in total. The number of phenols is 1. The minimum atomic E-state index is -0.720. The number of aromatic hydroxyl groups is 1. The molecule has 2 N–H and O–H groups in total. The van der Waals surface area contributed by atoms with Crippen molar-refractivity contribution in [1.29, 1.82) is 0 Å². The number of halogens is 2. The second kappa shape index (κ2) is 13.1. The highest BCUT2D eigenvalue weighted by Crippen LogP contribution is 2.55. The van der Waals surface area contributed by atoms with Gasteiger partial charge in [0, 0.05) is 41.2 Å². The maximum absolute atomic E-state index is 16.9. The first-order valence-corrected chi connectivity index (χ1v) is 18.4. The molecule has 2 aliphatic carbocycles. The Hall–Kier alpha value is -3.67. The fraction of sp³-hybridized carbons (Fsp3) is 0.564. The van der Waals surface area contributed by atoms with E-state index in [1.807, 2.05) is 6.92 Å². The molecule has 2 saturated heterocycles. The highest BCUT2D eigenvalue weighted by Gasteiger charge is 2.56. The smallest absolute Gasteiger partial charge is 0.319 e. The zero-order valence-electron chi connectivity index (χ0n) is 29.1. The van der Waals surface area contributed by atoms with Gasteiger partial charge in [-0.25, -0.2) is 8.78 Å². The highest BCUT2D eigenvalue weighted by molar-refractivity contribution is 6.01. The molecule has 266 valence electrons. The number of likely N-dealkylation sites (tertiary alicyclic amines) is 1. The van der Waals surface area contributed by atoms with Crippen LogP contribution >= 0.6 is 0 Å². The van der Waals surface area contributed by atoms with Crippen LogP contribution in [0.5, 0.6) is 11.8 Å². The number of aliphatic hydroxyl groups excluding tert-OH is 1. The molecule has 2 aliphatic heterocycles. The Kier molecular flexibility index (Phi) is 8.80. The van der Waals surface area contributed by atoms with E-state index in [2.05, 4.69) is 21.8 Å². The first-order chi connectivity index (χ1) is 24.3. The summed E-state index contributed by atoms with van der Waals surface area (Å²) in [5.41, 5.74) is 1.03. The van der Waals surface area contributed by atoms with Gasteiger partial charge in [0.25, 0.3) is 0 Å². The van der Waals surface area contributed by atoms with E-state index in [-0.39, 0.29) is 40.7 Å². The molecule has 11 heteroatoms.